The Balaban J connectivity index is 2.08. The van der Waals surface area contributed by atoms with E-state index in [1.165, 1.54) is 18.7 Å². The maximum atomic E-state index is 5.22. The molecule has 0 saturated carbocycles. The van der Waals surface area contributed by atoms with Crippen molar-refractivity contribution in [3.05, 3.63) is 24.3 Å². The molecule has 0 bridgehead atoms. The lowest BCUT2D eigenvalue weighted by molar-refractivity contribution is 0.257. The quantitative estimate of drug-likeness (QED) is 0.889. The Labute approximate surface area is 116 Å². The zero-order valence-corrected chi connectivity index (χ0v) is 12.2. The Morgan fingerprint density at radius 2 is 2.00 bits per heavy atom. The fourth-order valence-electron chi connectivity index (χ4n) is 2.66. The molecule has 0 radical (unpaired) electrons. The molecule has 1 heterocycles. The minimum Gasteiger partial charge on any atom is -0.497 e. The third-order valence-electron chi connectivity index (χ3n) is 3.87. The Bertz CT molecular complexity index is 379. The highest BCUT2D eigenvalue weighted by molar-refractivity contribution is 5.49. The molecule has 19 heavy (non-hydrogen) atoms. The normalized spacial score (nSPS) is 21.2. The Morgan fingerprint density at radius 3 is 2.63 bits per heavy atom. The molecular formula is C15H25N3O. The lowest BCUT2D eigenvalue weighted by Gasteiger charge is -2.30. The number of hydrogen-bond acceptors (Lipinski definition) is 4. The zero-order valence-electron chi connectivity index (χ0n) is 12.2. The van der Waals surface area contributed by atoms with Crippen molar-refractivity contribution in [1.82, 2.24) is 10.2 Å². The molecule has 1 N–H and O–H groups in total. The number of likely N-dealkylation sites (N-methyl/N-ethyl adjacent to an activating group) is 2. The van der Waals surface area contributed by atoms with Crippen LogP contribution in [0.3, 0.4) is 0 Å². The van der Waals surface area contributed by atoms with Crippen LogP contribution in [0.2, 0.25) is 0 Å². The second-order valence-electron chi connectivity index (χ2n) is 5.19. The largest absolute Gasteiger partial charge is 0.497 e. The lowest BCUT2D eigenvalue weighted by atomic mass is 10.2. The zero-order chi connectivity index (χ0) is 13.7. The van der Waals surface area contributed by atoms with Gasteiger partial charge in [-0.15, -0.1) is 0 Å². The molecule has 1 aromatic carbocycles. The van der Waals surface area contributed by atoms with E-state index in [0.29, 0.717) is 6.04 Å². The molecule has 1 aliphatic rings. The number of hydrogen-bond donors (Lipinski definition) is 1. The summed E-state index contributed by atoms with van der Waals surface area (Å²) in [5.74, 6) is 0.919. The van der Waals surface area contributed by atoms with E-state index in [0.717, 1.165) is 25.4 Å². The molecule has 2 rings (SSSR count). The van der Waals surface area contributed by atoms with E-state index in [1.54, 1.807) is 7.11 Å². The first-order valence-electron chi connectivity index (χ1n) is 6.98. The van der Waals surface area contributed by atoms with Gasteiger partial charge in [-0.1, -0.05) is 0 Å². The third-order valence-corrected chi connectivity index (χ3v) is 3.87. The van der Waals surface area contributed by atoms with E-state index in [-0.39, 0.29) is 0 Å². The van der Waals surface area contributed by atoms with Crippen LogP contribution < -0.4 is 15.0 Å². The summed E-state index contributed by atoms with van der Waals surface area (Å²) in [5.41, 5.74) is 1.29. The maximum Gasteiger partial charge on any atom is 0.119 e. The fraction of sp³-hybridized carbons (Fsp3) is 0.600. The average Bonchev–Trinajstić information content (AvgIpc) is 2.62. The van der Waals surface area contributed by atoms with Gasteiger partial charge in [0.05, 0.1) is 7.11 Å². The van der Waals surface area contributed by atoms with Gasteiger partial charge in [-0.2, -0.15) is 0 Å². The SMILES string of the molecule is CNCC1CN(c2ccc(OC)cc2)CCCN1C. The van der Waals surface area contributed by atoms with E-state index in [4.69, 9.17) is 4.74 Å². The number of methoxy groups -OCH3 is 1. The van der Waals surface area contributed by atoms with Crippen molar-refractivity contribution in [2.24, 2.45) is 0 Å². The molecule has 1 aromatic rings. The maximum absolute atomic E-state index is 5.22. The summed E-state index contributed by atoms with van der Waals surface area (Å²) >= 11 is 0. The summed E-state index contributed by atoms with van der Waals surface area (Å²) in [6.07, 6.45) is 1.21. The molecule has 1 atom stereocenters. The topological polar surface area (TPSA) is 27.7 Å². The Kier molecular flexibility index (Phi) is 5.05. The lowest BCUT2D eigenvalue weighted by Crippen LogP contribution is -2.44. The standard InChI is InChI=1S/C15H25N3O/c1-16-11-14-12-18(10-4-9-17(14)2)13-5-7-15(19-3)8-6-13/h5-8,14,16H,4,9-12H2,1-3H3. The monoisotopic (exact) mass is 263 g/mol. The molecule has 0 spiro atoms. The molecule has 0 aromatic heterocycles. The highest BCUT2D eigenvalue weighted by Gasteiger charge is 2.21. The van der Waals surface area contributed by atoms with Gasteiger partial charge >= 0.3 is 0 Å². The average molecular weight is 263 g/mol. The van der Waals surface area contributed by atoms with E-state index < -0.39 is 0 Å². The van der Waals surface area contributed by atoms with Crippen molar-refractivity contribution in [2.45, 2.75) is 12.5 Å². The highest BCUT2D eigenvalue weighted by atomic mass is 16.5. The molecule has 1 aliphatic heterocycles. The number of benzene rings is 1. The minimum absolute atomic E-state index is 0.564. The van der Waals surface area contributed by atoms with Crippen LogP contribution in [0.1, 0.15) is 6.42 Å². The minimum atomic E-state index is 0.564. The molecule has 106 valence electrons. The number of rotatable bonds is 4. The number of nitrogens with one attached hydrogen (secondary N) is 1. The third kappa shape index (κ3) is 3.61. The number of anilines is 1. The summed E-state index contributed by atoms with van der Waals surface area (Å²) in [5, 5.41) is 3.30. The molecule has 0 aliphatic carbocycles. The Hall–Kier alpha value is -1.26. The molecule has 0 amide bonds. The first-order chi connectivity index (χ1) is 9.24. The predicted octanol–water partition coefficient (Wildman–Crippen LogP) is 1.43. The van der Waals surface area contributed by atoms with E-state index in [2.05, 4.69) is 34.3 Å². The number of ether oxygens (including phenoxy) is 1. The van der Waals surface area contributed by atoms with Gasteiger partial charge in [-0.05, 0) is 51.3 Å². The van der Waals surface area contributed by atoms with Crippen LogP contribution in [-0.4, -0.2) is 58.3 Å². The second kappa shape index (κ2) is 6.78. The van der Waals surface area contributed by atoms with Crippen LogP contribution in [-0.2, 0) is 0 Å². The van der Waals surface area contributed by atoms with Gasteiger partial charge in [0.25, 0.3) is 0 Å². The van der Waals surface area contributed by atoms with Crippen molar-refractivity contribution in [1.29, 1.82) is 0 Å². The van der Waals surface area contributed by atoms with Crippen LogP contribution in [0.25, 0.3) is 0 Å². The van der Waals surface area contributed by atoms with Crippen molar-refractivity contribution in [3.8, 4) is 5.75 Å². The van der Waals surface area contributed by atoms with Crippen molar-refractivity contribution in [3.63, 3.8) is 0 Å². The fourth-order valence-corrected chi connectivity index (χ4v) is 2.66. The van der Waals surface area contributed by atoms with E-state index in [1.807, 2.05) is 19.2 Å². The van der Waals surface area contributed by atoms with Gasteiger partial charge in [0.1, 0.15) is 5.75 Å². The van der Waals surface area contributed by atoms with Crippen molar-refractivity contribution < 1.29 is 4.74 Å². The van der Waals surface area contributed by atoms with Crippen LogP contribution >= 0.6 is 0 Å². The van der Waals surface area contributed by atoms with Gasteiger partial charge in [-0.25, -0.2) is 0 Å². The summed E-state index contributed by atoms with van der Waals surface area (Å²) in [6, 6.07) is 8.95. The van der Waals surface area contributed by atoms with Gasteiger partial charge in [0, 0.05) is 31.4 Å². The van der Waals surface area contributed by atoms with Gasteiger partial charge in [-0.3, -0.25) is 0 Å². The van der Waals surface area contributed by atoms with Gasteiger partial charge < -0.3 is 19.9 Å². The number of nitrogens with zero attached hydrogens (tertiary/aromatic N) is 2. The van der Waals surface area contributed by atoms with Crippen LogP contribution in [0.15, 0.2) is 24.3 Å². The smallest absolute Gasteiger partial charge is 0.119 e. The summed E-state index contributed by atoms with van der Waals surface area (Å²) < 4.78 is 5.22. The van der Waals surface area contributed by atoms with Gasteiger partial charge in [0.2, 0.25) is 0 Å². The summed E-state index contributed by atoms with van der Waals surface area (Å²) in [7, 11) is 5.95. The molecule has 4 heteroatoms. The van der Waals surface area contributed by atoms with E-state index in [9.17, 15) is 0 Å². The van der Waals surface area contributed by atoms with Crippen LogP contribution in [0.5, 0.6) is 5.75 Å². The first kappa shape index (κ1) is 14.2. The predicted molar refractivity (Wildman–Crippen MR) is 80.2 cm³/mol. The van der Waals surface area contributed by atoms with Crippen molar-refractivity contribution >= 4 is 5.69 Å². The second-order valence-corrected chi connectivity index (χ2v) is 5.19. The van der Waals surface area contributed by atoms with Crippen LogP contribution in [0.4, 0.5) is 5.69 Å². The molecular weight excluding hydrogens is 238 g/mol. The van der Waals surface area contributed by atoms with Crippen LogP contribution in [0, 0.1) is 0 Å². The molecule has 4 nitrogen and oxygen atoms in total. The summed E-state index contributed by atoms with van der Waals surface area (Å²) in [6.45, 7) is 4.39. The molecule has 1 saturated heterocycles. The molecule has 1 fully saturated rings. The molecule has 1 unspecified atom stereocenters. The summed E-state index contributed by atoms with van der Waals surface area (Å²) in [4.78, 5) is 4.94. The highest BCUT2D eigenvalue weighted by Crippen LogP contribution is 2.21. The van der Waals surface area contributed by atoms with E-state index >= 15 is 0 Å². The Morgan fingerprint density at radius 1 is 1.26 bits per heavy atom. The van der Waals surface area contributed by atoms with Crippen molar-refractivity contribution in [2.75, 3.05) is 52.3 Å². The first-order valence-corrected chi connectivity index (χ1v) is 6.98. The van der Waals surface area contributed by atoms with Gasteiger partial charge in [0.15, 0.2) is 0 Å².